The Balaban J connectivity index is 1.63. The van der Waals surface area contributed by atoms with Crippen LogP contribution >= 0.6 is 0 Å². The molecule has 160 valence electrons. The largest absolute Gasteiger partial charge is 0.418 e. The Bertz CT molecular complexity index is 889. The number of alkyl halides is 3. The van der Waals surface area contributed by atoms with Crippen LogP contribution in [0.4, 0.5) is 18.9 Å². The molecular formula is C21H23F3N4O2. The number of para-hydroxylation sites is 1. The van der Waals surface area contributed by atoms with E-state index in [0.717, 1.165) is 11.6 Å². The summed E-state index contributed by atoms with van der Waals surface area (Å²) in [5.41, 5.74) is 5.40. The lowest BCUT2D eigenvalue weighted by Crippen LogP contribution is -2.59. The van der Waals surface area contributed by atoms with E-state index >= 15 is 0 Å². The van der Waals surface area contributed by atoms with Crippen LogP contribution in [0.15, 0.2) is 54.6 Å². The fraction of sp³-hybridized carbons (Fsp3) is 0.333. The smallest absolute Gasteiger partial charge is 0.368 e. The van der Waals surface area contributed by atoms with E-state index in [1.165, 1.54) is 18.2 Å². The monoisotopic (exact) mass is 420 g/mol. The molecule has 0 saturated carbocycles. The molecule has 3 N–H and O–H groups in total. The molecular weight excluding hydrogens is 397 g/mol. The molecule has 9 heteroatoms. The van der Waals surface area contributed by atoms with Crippen LogP contribution in [0.5, 0.6) is 0 Å². The van der Waals surface area contributed by atoms with Crippen molar-refractivity contribution in [2.24, 2.45) is 5.73 Å². The van der Waals surface area contributed by atoms with Crippen molar-refractivity contribution in [3.05, 3.63) is 65.7 Å². The molecule has 6 nitrogen and oxygen atoms in total. The highest BCUT2D eigenvalue weighted by atomic mass is 19.4. The first-order valence-corrected chi connectivity index (χ1v) is 9.50. The number of anilines is 1. The van der Waals surface area contributed by atoms with E-state index < -0.39 is 29.6 Å². The number of hydrogen-bond acceptors (Lipinski definition) is 4. The fourth-order valence-corrected chi connectivity index (χ4v) is 3.53. The lowest BCUT2D eigenvalue weighted by atomic mass is 10.1. The van der Waals surface area contributed by atoms with Crippen LogP contribution in [0.25, 0.3) is 0 Å². The summed E-state index contributed by atoms with van der Waals surface area (Å²) in [4.78, 5) is 28.1. The number of primary amides is 1. The molecule has 2 amide bonds. The molecule has 1 heterocycles. The first-order chi connectivity index (χ1) is 14.2. The lowest BCUT2D eigenvalue weighted by molar-refractivity contribution is -0.137. The zero-order chi connectivity index (χ0) is 21.7. The van der Waals surface area contributed by atoms with Crippen molar-refractivity contribution >= 4 is 17.5 Å². The van der Waals surface area contributed by atoms with Gasteiger partial charge in [-0.15, -0.1) is 0 Å². The second-order valence-corrected chi connectivity index (χ2v) is 7.20. The molecule has 0 spiro atoms. The minimum Gasteiger partial charge on any atom is -0.368 e. The molecule has 2 aromatic rings. The molecule has 1 aliphatic rings. The van der Waals surface area contributed by atoms with E-state index in [1.807, 2.05) is 30.3 Å². The number of amides is 2. The maximum Gasteiger partial charge on any atom is 0.418 e. The molecule has 1 atom stereocenters. The van der Waals surface area contributed by atoms with Crippen molar-refractivity contribution in [1.82, 2.24) is 9.80 Å². The predicted molar refractivity (Wildman–Crippen MR) is 106 cm³/mol. The van der Waals surface area contributed by atoms with Crippen LogP contribution in [0, 0.1) is 0 Å². The van der Waals surface area contributed by atoms with Crippen molar-refractivity contribution in [3.8, 4) is 0 Å². The summed E-state index contributed by atoms with van der Waals surface area (Å²) in [6, 6.07) is 13.8. The summed E-state index contributed by atoms with van der Waals surface area (Å²) >= 11 is 0. The van der Waals surface area contributed by atoms with Crippen LogP contribution in [0.2, 0.25) is 0 Å². The zero-order valence-electron chi connectivity index (χ0n) is 16.2. The minimum atomic E-state index is -4.58. The Hall–Kier alpha value is -2.91. The summed E-state index contributed by atoms with van der Waals surface area (Å²) in [5.74, 6) is -1.20. The van der Waals surface area contributed by atoms with Gasteiger partial charge in [-0.1, -0.05) is 42.5 Å². The minimum absolute atomic E-state index is 0.223. The van der Waals surface area contributed by atoms with Crippen LogP contribution in [-0.4, -0.2) is 53.8 Å². The lowest BCUT2D eigenvalue weighted by Gasteiger charge is -2.39. The summed E-state index contributed by atoms with van der Waals surface area (Å²) in [6.45, 7) is 1.76. The number of hydrogen-bond donors (Lipinski definition) is 2. The third-order valence-electron chi connectivity index (χ3n) is 5.01. The Morgan fingerprint density at radius 2 is 1.70 bits per heavy atom. The standard InChI is InChI=1S/C21H23F3N4O2/c22-21(23,24)16-8-4-5-9-17(16)26-19(29)14-28-11-10-27(13-18(28)20(25)30)12-15-6-2-1-3-7-15/h1-9,18H,10-14H2,(H2,25,30)(H,26,29). The summed E-state index contributed by atoms with van der Waals surface area (Å²) < 4.78 is 39.4. The number of benzene rings is 2. The number of rotatable bonds is 6. The third kappa shape index (κ3) is 5.58. The summed E-state index contributed by atoms with van der Waals surface area (Å²) in [7, 11) is 0. The second-order valence-electron chi connectivity index (χ2n) is 7.20. The van der Waals surface area contributed by atoms with E-state index in [-0.39, 0.29) is 12.2 Å². The normalized spacial score (nSPS) is 18.2. The Labute approximate surface area is 172 Å². The maximum atomic E-state index is 13.1. The van der Waals surface area contributed by atoms with Crippen LogP contribution in [0.1, 0.15) is 11.1 Å². The quantitative estimate of drug-likeness (QED) is 0.752. The molecule has 1 unspecified atom stereocenters. The molecule has 0 aliphatic carbocycles. The van der Waals surface area contributed by atoms with Gasteiger partial charge in [-0.25, -0.2) is 0 Å². The van der Waals surface area contributed by atoms with Gasteiger partial charge in [0.2, 0.25) is 11.8 Å². The summed E-state index contributed by atoms with van der Waals surface area (Å²) in [6.07, 6.45) is -4.58. The van der Waals surface area contributed by atoms with Gasteiger partial charge >= 0.3 is 6.18 Å². The highest BCUT2D eigenvalue weighted by molar-refractivity contribution is 5.93. The average molecular weight is 420 g/mol. The zero-order valence-corrected chi connectivity index (χ0v) is 16.2. The third-order valence-corrected chi connectivity index (χ3v) is 5.01. The molecule has 0 radical (unpaired) electrons. The van der Waals surface area contributed by atoms with Gasteiger partial charge in [0.05, 0.1) is 17.8 Å². The van der Waals surface area contributed by atoms with E-state index in [4.69, 9.17) is 5.73 Å². The number of carbonyl (C=O) groups is 2. The maximum absolute atomic E-state index is 13.1. The topological polar surface area (TPSA) is 78.7 Å². The van der Waals surface area contributed by atoms with Gasteiger partial charge < -0.3 is 11.1 Å². The number of halogens is 3. The number of carbonyl (C=O) groups excluding carboxylic acids is 2. The molecule has 0 aromatic heterocycles. The molecule has 1 aliphatic heterocycles. The molecule has 30 heavy (non-hydrogen) atoms. The van der Waals surface area contributed by atoms with Crippen molar-refractivity contribution in [2.75, 3.05) is 31.5 Å². The predicted octanol–water partition coefficient (Wildman–Crippen LogP) is 2.32. The molecule has 3 rings (SSSR count). The van der Waals surface area contributed by atoms with Crippen LogP contribution in [0.3, 0.4) is 0 Å². The van der Waals surface area contributed by atoms with Gasteiger partial charge in [0.1, 0.15) is 6.04 Å². The Kier molecular flexibility index (Phi) is 6.73. The first-order valence-electron chi connectivity index (χ1n) is 9.50. The van der Waals surface area contributed by atoms with Gasteiger partial charge in [0, 0.05) is 26.2 Å². The van der Waals surface area contributed by atoms with Crippen LogP contribution in [-0.2, 0) is 22.3 Å². The number of nitrogens with zero attached hydrogens (tertiary/aromatic N) is 2. The van der Waals surface area contributed by atoms with E-state index in [9.17, 15) is 22.8 Å². The van der Waals surface area contributed by atoms with Crippen molar-refractivity contribution in [3.63, 3.8) is 0 Å². The van der Waals surface area contributed by atoms with Gasteiger partial charge in [0.15, 0.2) is 0 Å². The van der Waals surface area contributed by atoms with Gasteiger partial charge in [0.25, 0.3) is 0 Å². The SMILES string of the molecule is NC(=O)C1CN(Cc2ccccc2)CCN1CC(=O)Nc1ccccc1C(F)(F)F. The van der Waals surface area contributed by atoms with Crippen molar-refractivity contribution in [1.29, 1.82) is 0 Å². The molecule has 2 aromatic carbocycles. The Morgan fingerprint density at radius 3 is 2.37 bits per heavy atom. The Morgan fingerprint density at radius 1 is 1.03 bits per heavy atom. The number of nitrogens with one attached hydrogen (secondary N) is 1. The molecule has 1 fully saturated rings. The van der Waals surface area contributed by atoms with Gasteiger partial charge in [-0.05, 0) is 17.7 Å². The second kappa shape index (κ2) is 9.27. The van der Waals surface area contributed by atoms with Crippen molar-refractivity contribution in [2.45, 2.75) is 18.8 Å². The number of nitrogens with two attached hydrogens (primary N) is 1. The van der Waals surface area contributed by atoms with E-state index in [2.05, 4.69) is 10.2 Å². The molecule has 0 bridgehead atoms. The first kappa shape index (κ1) is 21.8. The average Bonchev–Trinajstić information content (AvgIpc) is 2.69. The van der Waals surface area contributed by atoms with Gasteiger partial charge in [-0.2, -0.15) is 13.2 Å². The highest BCUT2D eigenvalue weighted by Gasteiger charge is 2.35. The van der Waals surface area contributed by atoms with Gasteiger partial charge in [-0.3, -0.25) is 19.4 Å². The number of piperazine rings is 1. The van der Waals surface area contributed by atoms with Crippen LogP contribution < -0.4 is 11.1 Å². The van der Waals surface area contributed by atoms with E-state index in [1.54, 1.807) is 4.90 Å². The highest BCUT2D eigenvalue weighted by Crippen LogP contribution is 2.34. The fourth-order valence-electron chi connectivity index (χ4n) is 3.53. The summed E-state index contributed by atoms with van der Waals surface area (Å²) in [5, 5.41) is 2.31. The molecule has 1 saturated heterocycles. The van der Waals surface area contributed by atoms with E-state index in [0.29, 0.717) is 26.2 Å². The van der Waals surface area contributed by atoms with Crippen molar-refractivity contribution < 1.29 is 22.8 Å².